The zero-order chi connectivity index (χ0) is 20.4. The van der Waals surface area contributed by atoms with Crippen molar-refractivity contribution in [3.05, 3.63) is 12.2 Å². The fourth-order valence-corrected chi connectivity index (χ4v) is 4.85. The summed E-state index contributed by atoms with van der Waals surface area (Å²) in [5, 5.41) is 10.3. The number of allylic oxidation sites excluding steroid dienone is 1. The van der Waals surface area contributed by atoms with Crippen LogP contribution < -0.4 is 0 Å². The Morgan fingerprint density at radius 2 is 1.79 bits per heavy atom. The van der Waals surface area contributed by atoms with E-state index in [4.69, 9.17) is 14.2 Å². The van der Waals surface area contributed by atoms with Crippen molar-refractivity contribution in [2.45, 2.75) is 89.9 Å². The van der Waals surface area contributed by atoms with Crippen molar-refractivity contribution in [3.8, 4) is 0 Å². The molecular weight excluding hydrogens is 356 g/mol. The molecule has 1 spiro atoms. The largest absolute Gasteiger partial charge is 0.469 e. The van der Waals surface area contributed by atoms with Crippen LogP contribution in [0.25, 0.3) is 0 Å². The van der Waals surface area contributed by atoms with E-state index in [1.807, 2.05) is 6.08 Å². The number of hydrogen-bond donors (Lipinski definition) is 1. The fourth-order valence-electron chi connectivity index (χ4n) is 4.85. The lowest BCUT2D eigenvalue weighted by Gasteiger charge is -2.36. The summed E-state index contributed by atoms with van der Waals surface area (Å²) in [5.41, 5.74) is 0. The molecule has 0 bridgehead atoms. The van der Waals surface area contributed by atoms with E-state index in [1.54, 1.807) is 0 Å². The number of ether oxygens (including phenoxy) is 3. The molecule has 2 fully saturated rings. The summed E-state index contributed by atoms with van der Waals surface area (Å²) < 4.78 is 17.3. The van der Waals surface area contributed by atoms with Crippen molar-refractivity contribution >= 4 is 5.97 Å². The number of aliphatic hydroxyl groups is 1. The first-order chi connectivity index (χ1) is 13.6. The van der Waals surface area contributed by atoms with Gasteiger partial charge in [-0.25, -0.2) is 0 Å². The van der Waals surface area contributed by atoms with E-state index in [2.05, 4.69) is 19.9 Å². The Morgan fingerprint density at radius 1 is 1.14 bits per heavy atom. The summed E-state index contributed by atoms with van der Waals surface area (Å²) in [7, 11) is 1.47. The first kappa shape index (κ1) is 23.4. The van der Waals surface area contributed by atoms with E-state index in [-0.39, 0.29) is 23.7 Å². The molecule has 1 aliphatic carbocycles. The Hall–Kier alpha value is -0.910. The van der Waals surface area contributed by atoms with Gasteiger partial charge in [-0.2, -0.15) is 0 Å². The SMILES string of the molecule is CCCCCC(O)C=CC1CCC2(OCCO2)C1C(CCCCC)C(=O)OC. The first-order valence-corrected chi connectivity index (χ1v) is 11.3. The second-order valence-electron chi connectivity index (χ2n) is 8.31. The Kier molecular flexibility index (Phi) is 9.96. The molecule has 4 unspecified atom stereocenters. The minimum atomic E-state index is -0.673. The zero-order valence-electron chi connectivity index (χ0n) is 18.0. The van der Waals surface area contributed by atoms with Gasteiger partial charge in [0.1, 0.15) is 0 Å². The monoisotopic (exact) mass is 396 g/mol. The predicted molar refractivity (Wildman–Crippen MR) is 110 cm³/mol. The van der Waals surface area contributed by atoms with Gasteiger partial charge < -0.3 is 19.3 Å². The molecule has 2 rings (SSSR count). The third-order valence-corrected chi connectivity index (χ3v) is 6.31. The Bertz CT molecular complexity index is 483. The van der Waals surface area contributed by atoms with Crippen LogP contribution >= 0.6 is 0 Å². The normalized spacial score (nSPS) is 26.1. The molecule has 5 heteroatoms. The van der Waals surface area contributed by atoms with Crippen molar-refractivity contribution in [2.24, 2.45) is 17.8 Å². The van der Waals surface area contributed by atoms with Gasteiger partial charge in [0, 0.05) is 12.3 Å². The Morgan fingerprint density at radius 3 is 2.39 bits per heavy atom. The van der Waals surface area contributed by atoms with Gasteiger partial charge in [0.05, 0.1) is 32.3 Å². The standard InChI is InChI=1S/C23H40O5/c1-4-6-8-10-19(24)13-12-18-14-15-23(27-16-17-28-23)21(18)20(22(25)26-3)11-9-7-5-2/h12-13,18-21,24H,4-11,14-17H2,1-3H3. The van der Waals surface area contributed by atoms with Gasteiger partial charge >= 0.3 is 5.97 Å². The molecule has 1 heterocycles. The molecule has 0 aromatic rings. The highest BCUT2D eigenvalue weighted by Crippen LogP contribution is 2.51. The topological polar surface area (TPSA) is 65.0 Å². The molecular formula is C23H40O5. The average molecular weight is 397 g/mol. The van der Waals surface area contributed by atoms with Gasteiger partial charge in [-0.3, -0.25) is 4.79 Å². The summed E-state index contributed by atoms with van der Waals surface area (Å²) in [5.74, 6) is -0.969. The molecule has 1 saturated heterocycles. The van der Waals surface area contributed by atoms with Gasteiger partial charge in [-0.1, -0.05) is 64.5 Å². The number of rotatable bonds is 12. The highest BCUT2D eigenvalue weighted by Gasteiger charge is 2.56. The molecule has 28 heavy (non-hydrogen) atoms. The van der Waals surface area contributed by atoms with Crippen molar-refractivity contribution < 1.29 is 24.1 Å². The quantitative estimate of drug-likeness (QED) is 0.296. The van der Waals surface area contributed by atoms with Crippen LogP contribution in [0, 0.1) is 17.8 Å². The molecule has 1 aliphatic heterocycles. The number of hydrogen-bond acceptors (Lipinski definition) is 5. The van der Waals surface area contributed by atoms with Gasteiger partial charge in [0.2, 0.25) is 0 Å². The molecule has 2 aliphatic rings. The third-order valence-electron chi connectivity index (χ3n) is 6.31. The van der Waals surface area contributed by atoms with Crippen molar-refractivity contribution in [1.29, 1.82) is 0 Å². The minimum absolute atomic E-state index is 0.0570. The van der Waals surface area contributed by atoms with Gasteiger partial charge in [-0.05, 0) is 25.2 Å². The molecule has 0 aromatic carbocycles. The number of methoxy groups -OCH3 is 1. The average Bonchev–Trinajstić information content (AvgIpc) is 3.31. The maximum atomic E-state index is 12.7. The predicted octanol–water partition coefficient (Wildman–Crippen LogP) is 4.62. The summed E-state index contributed by atoms with van der Waals surface area (Å²) in [4.78, 5) is 12.7. The van der Waals surface area contributed by atoms with Gasteiger partial charge in [-0.15, -0.1) is 0 Å². The molecule has 5 nitrogen and oxygen atoms in total. The lowest BCUT2D eigenvalue weighted by molar-refractivity contribution is -0.203. The molecule has 1 saturated carbocycles. The van der Waals surface area contributed by atoms with E-state index in [0.717, 1.165) is 64.2 Å². The van der Waals surface area contributed by atoms with E-state index in [1.165, 1.54) is 7.11 Å². The Balaban J connectivity index is 2.15. The van der Waals surface area contributed by atoms with Crippen LogP contribution in [0.5, 0.6) is 0 Å². The summed E-state index contributed by atoms with van der Waals surface area (Å²) in [6.07, 6.45) is 13.4. The van der Waals surface area contributed by atoms with Crippen LogP contribution in [-0.4, -0.2) is 43.3 Å². The third kappa shape index (κ3) is 6.04. The summed E-state index contributed by atoms with van der Waals surface area (Å²) in [6.45, 7) is 5.49. The number of esters is 1. The van der Waals surface area contributed by atoms with E-state index >= 15 is 0 Å². The second-order valence-corrected chi connectivity index (χ2v) is 8.31. The minimum Gasteiger partial charge on any atom is -0.469 e. The van der Waals surface area contributed by atoms with Crippen LogP contribution in [0.4, 0.5) is 0 Å². The fraction of sp³-hybridized carbons (Fsp3) is 0.870. The van der Waals surface area contributed by atoms with E-state index < -0.39 is 11.9 Å². The van der Waals surface area contributed by atoms with Crippen LogP contribution in [0.15, 0.2) is 12.2 Å². The summed E-state index contributed by atoms with van der Waals surface area (Å²) in [6, 6.07) is 0. The van der Waals surface area contributed by atoms with Crippen LogP contribution in [-0.2, 0) is 19.0 Å². The van der Waals surface area contributed by atoms with E-state index in [0.29, 0.717) is 13.2 Å². The maximum Gasteiger partial charge on any atom is 0.309 e. The highest BCUT2D eigenvalue weighted by atomic mass is 16.7. The molecule has 0 radical (unpaired) electrons. The smallest absolute Gasteiger partial charge is 0.309 e. The van der Waals surface area contributed by atoms with Crippen molar-refractivity contribution in [2.75, 3.05) is 20.3 Å². The lowest BCUT2D eigenvalue weighted by atomic mass is 9.78. The number of aliphatic hydroxyl groups excluding tert-OH is 1. The van der Waals surface area contributed by atoms with Crippen molar-refractivity contribution in [1.82, 2.24) is 0 Å². The summed E-state index contributed by atoms with van der Waals surface area (Å²) >= 11 is 0. The zero-order valence-corrected chi connectivity index (χ0v) is 18.0. The maximum absolute atomic E-state index is 12.7. The molecule has 0 aromatic heterocycles. The first-order valence-electron chi connectivity index (χ1n) is 11.3. The number of unbranched alkanes of at least 4 members (excludes halogenated alkanes) is 4. The molecule has 162 valence electrons. The Labute approximate surface area is 170 Å². The molecule has 1 N–H and O–H groups in total. The van der Waals surface area contributed by atoms with Gasteiger partial charge in [0.15, 0.2) is 5.79 Å². The van der Waals surface area contributed by atoms with Crippen LogP contribution in [0.2, 0.25) is 0 Å². The van der Waals surface area contributed by atoms with E-state index in [9.17, 15) is 9.90 Å². The highest BCUT2D eigenvalue weighted by molar-refractivity contribution is 5.73. The lowest BCUT2D eigenvalue weighted by Crippen LogP contribution is -2.44. The number of carbonyl (C=O) groups is 1. The van der Waals surface area contributed by atoms with Crippen molar-refractivity contribution in [3.63, 3.8) is 0 Å². The second kappa shape index (κ2) is 11.9. The van der Waals surface area contributed by atoms with Gasteiger partial charge in [0.25, 0.3) is 0 Å². The van der Waals surface area contributed by atoms with Crippen LogP contribution in [0.3, 0.4) is 0 Å². The van der Waals surface area contributed by atoms with Crippen LogP contribution in [0.1, 0.15) is 78.1 Å². The number of carbonyl (C=O) groups excluding carboxylic acids is 1. The molecule has 0 amide bonds. The molecule has 4 atom stereocenters.